The number of carbonyl (C=O) groups is 1. The van der Waals surface area contributed by atoms with E-state index in [9.17, 15) is 4.79 Å². The third-order valence-corrected chi connectivity index (χ3v) is 3.42. The Balaban J connectivity index is 2.28. The van der Waals surface area contributed by atoms with Crippen molar-refractivity contribution < 1.29 is 19.0 Å². The van der Waals surface area contributed by atoms with E-state index in [-0.39, 0.29) is 5.78 Å². The van der Waals surface area contributed by atoms with Crippen LogP contribution in [0.4, 0.5) is 0 Å². The van der Waals surface area contributed by atoms with E-state index in [1.807, 2.05) is 0 Å². The smallest absolute Gasteiger partial charge is 0.203 e. The summed E-state index contributed by atoms with van der Waals surface area (Å²) in [6, 6.07) is 12.2. The number of nitrogens with zero attached hydrogens (tertiary/aromatic N) is 1. The molecule has 0 unspecified atom stereocenters. The number of ketones is 1. The van der Waals surface area contributed by atoms with E-state index in [1.165, 1.54) is 27.4 Å². The van der Waals surface area contributed by atoms with E-state index < -0.39 is 0 Å². The minimum absolute atomic E-state index is 0.196. The van der Waals surface area contributed by atoms with Gasteiger partial charge in [0, 0.05) is 5.56 Å². The molecule has 0 aliphatic heterocycles. The molecule has 122 valence electrons. The third-order valence-electron chi connectivity index (χ3n) is 3.42. The maximum Gasteiger partial charge on any atom is 0.203 e. The monoisotopic (exact) mass is 323 g/mol. The molecule has 0 heterocycles. The lowest BCUT2D eigenvalue weighted by Gasteiger charge is -2.13. The van der Waals surface area contributed by atoms with Crippen LogP contribution in [0, 0.1) is 11.3 Å². The van der Waals surface area contributed by atoms with Crippen LogP contribution in [0.3, 0.4) is 0 Å². The normalized spacial score (nSPS) is 10.2. The topological polar surface area (TPSA) is 68.6 Å². The number of methoxy groups -OCH3 is 3. The van der Waals surface area contributed by atoms with Gasteiger partial charge in [-0.2, -0.15) is 5.26 Å². The number of ether oxygens (including phenoxy) is 3. The van der Waals surface area contributed by atoms with E-state index in [0.29, 0.717) is 28.4 Å². The number of benzene rings is 2. The van der Waals surface area contributed by atoms with Crippen LogP contribution in [0.2, 0.25) is 0 Å². The highest BCUT2D eigenvalue weighted by atomic mass is 16.5. The van der Waals surface area contributed by atoms with Crippen molar-refractivity contribution in [3.63, 3.8) is 0 Å². The van der Waals surface area contributed by atoms with Gasteiger partial charge in [0.25, 0.3) is 0 Å². The van der Waals surface area contributed by atoms with Crippen molar-refractivity contribution in [2.45, 2.75) is 0 Å². The van der Waals surface area contributed by atoms with Crippen molar-refractivity contribution in [2.75, 3.05) is 21.3 Å². The third kappa shape index (κ3) is 3.73. The van der Waals surface area contributed by atoms with E-state index in [1.54, 1.807) is 42.5 Å². The maximum absolute atomic E-state index is 12.4. The number of nitriles is 1. The predicted octanol–water partition coefficient (Wildman–Crippen LogP) is 3.48. The van der Waals surface area contributed by atoms with Crippen LogP contribution in [-0.2, 0) is 0 Å². The molecule has 0 aromatic heterocycles. The first-order valence-electron chi connectivity index (χ1n) is 7.15. The van der Waals surface area contributed by atoms with Gasteiger partial charge in [-0.1, -0.05) is 18.2 Å². The highest BCUT2D eigenvalue weighted by Gasteiger charge is 2.15. The Bertz CT molecular complexity index is 776. The van der Waals surface area contributed by atoms with Crippen LogP contribution in [0.25, 0.3) is 6.08 Å². The van der Waals surface area contributed by atoms with Gasteiger partial charge in [0.15, 0.2) is 17.3 Å². The maximum atomic E-state index is 12.4. The van der Waals surface area contributed by atoms with Crippen LogP contribution in [0.15, 0.2) is 42.5 Å². The van der Waals surface area contributed by atoms with Gasteiger partial charge in [0.1, 0.15) is 0 Å². The van der Waals surface area contributed by atoms with Gasteiger partial charge in [-0.15, -0.1) is 0 Å². The predicted molar refractivity (Wildman–Crippen MR) is 90.6 cm³/mol. The standard InChI is InChI=1S/C19H17NO4/c1-22-17-10-15(11-18(23-2)19(17)24-3)16(21)9-8-13-4-6-14(12-20)7-5-13/h4-11H,1-3H3/b9-8+. The zero-order valence-electron chi connectivity index (χ0n) is 13.7. The van der Waals surface area contributed by atoms with Crippen molar-refractivity contribution in [2.24, 2.45) is 0 Å². The largest absolute Gasteiger partial charge is 0.493 e. The van der Waals surface area contributed by atoms with Crippen LogP contribution >= 0.6 is 0 Å². The van der Waals surface area contributed by atoms with Crippen LogP contribution in [0.1, 0.15) is 21.5 Å². The van der Waals surface area contributed by atoms with Gasteiger partial charge in [0.05, 0.1) is 33.0 Å². The Morgan fingerprint density at radius 1 is 1.00 bits per heavy atom. The van der Waals surface area contributed by atoms with Crippen molar-refractivity contribution in [3.05, 3.63) is 59.2 Å². The Labute approximate surface area is 140 Å². The molecule has 24 heavy (non-hydrogen) atoms. The van der Waals surface area contributed by atoms with Gasteiger partial charge in [-0.3, -0.25) is 4.79 Å². The molecular weight excluding hydrogens is 306 g/mol. The molecule has 0 atom stereocenters. The second-order valence-corrected chi connectivity index (χ2v) is 4.85. The number of allylic oxidation sites excluding steroid dienone is 1. The fourth-order valence-corrected chi connectivity index (χ4v) is 2.16. The molecule has 0 fully saturated rings. The molecule has 2 aromatic rings. The second-order valence-electron chi connectivity index (χ2n) is 4.85. The summed E-state index contributed by atoms with van der Waals surface area (Å²) < 4.78 is 15.7. The second kappa shape index (κ2) is 7.84. The van der Waals surface area contributed by atoms with Crippen molar-refractivity contribution in [3.8, 4) is 23.3 Å². The first-order chi connectivity index (χ1) is 11.6. The van der Waals surface area contributed by atoms with Crippen molar-refractivity contribution in [1.82, 2.24) is 0 Å². The number of carbonyl (C=O) groups excluding carboxylic acids is 1. The molecule has 0 saturated heterocycles. The van der Waals surface area contributed by atoms with Gasteiger partial charge in [-0.25, -0.2) is 0 Å². The van der Waals surface area contributed by atoms with E-state index in [2.05, 4.69) is 6.07 Å². The molecule has 0 spiro atoms. The Hall–Kier alpha value is -3.26. The summed E-state index contributed by atoms with van der Waals surface area (Å²) >= 11 is 0. The number of rotatable bonds is 6. The molecule has 0 aliphatic rings. The van der Waals surface area contributed by atoms with Crippen molar-refractivity contribution in [1.29, 1.82) is 5.26 Å². The summed E-state index contributed by atoms with van der Waals surface area (Å²) in [5.41, 5.74) is 1.83. The molecule has 0 bridgehead atoms. The molecule has 0 amide bonds. The number of hydrogen-bond donors (Lipinski definition) is 0. The molecule has 2 aromatic carbocycles. The Morgan fingerprint density at radius 2 is 1.58 bits per heavy atom. The fraction of sp³-hybridized carbons (Fsp3) is 0.158. The molecular formula is C19H17NO4. The van der Waals surface area contributed by atoms with Crippen LogP contribution in [-0.4, -0.2) is 27.1 Å². The summed E-state index contributed by atoms with van der Waals surface area (Å²) in [4.78, 5) is 12.4. The van der Waals surface area contributed by atoms with Crippen LogP contribution in [0.5, 0.6) is 17.2 Å². The van der Waals surface area contributed by atoms with E-state index >= 15 is 0 Å². The molecule has 0 saturated carbocycles. The Morgan fingerprint density at radius 3 is 2.04 bits per heavy atom. The van der Waals surface area contributed by atoms with Gasteiger partial charge >= 0.3 is 0 Å². The first-order valence-corrected chi connectivity index (χ1v) is 7.15. The molecule has 0 radical (unpaired) electrons. The van der Waals surface area contributed by atoms with E-state index in [0.717, 1.165) is 5.56 Å². The number of hydrogen-bond acceptors (Lipinski definition) is 5. The zero-order valence-corrected chi connectivity index (χ0v) is 13.7. The molecule has 2 rings (SSSR count). The summed E-state index contributed by atoms with van der Waals surface area (Å²) in [5.74, 6) is 1.09. The minimum Gasteiger partial charge on any atom is -0.493 e. The first kappa shape index (κ1) is 17.1. The highest BCUT2D eigenvalue weighted by Crippen LogP contribution is 2.38. The molecule has 0 aliphatic carbocycles. The average Bonchev–Trinajstić information content (AvgIpc) is 2.65. The van der Waals surface area contributed by atoms with Gasteiger partial charge in [0.2, 0.25) is 5.75 Å². The van der Waals surface area contributed by atoms with Crippen LogP contribution < -0.4 is 14.2 Å². The summed E-state index contributed by atoms with van der Waals surface area (Å²) in [6.07, 6.45) is 3.15. The molecule has 0 N–H and O–H groups in total. The van der Waals surface area contributed by atoms with Gasteiger partial charge < -0.3 is 14.2 Å². The zero-order chi connectivity index (χ0) is 17.5. The van der Waals surface area contributed by atoms with Gasteiger partial charge in [-0.05, 0) is 35.9 Å². The summed E-state index contributed by atoms with van der Waals surface area (Å²) in [6.45, 7) is 0. The lowest BCUT2D eigenvalue weighted by molar-refractivity contribution is 0.104. The van der Waals surface area contributed by atoms with E-state index in [4.69, 9.17) is 19.5 Å². The lowest BCUT2D eigenvalue weighted by Crippen LogP contribution is -2.00. The average molecular weight is 323 g/mol. The summed E-state index contributed by atoms with van der Waals surface area (Å²) in [5, 5.41) is 8.78. The Kier molecular flexibility index (Phi) is 5.58. The fourth-order valence-electron chi connectivity index (χ4n) is 2.16. The molecule has 5 nitrogen and oxygen atoms in total. The summed E-state index contributed by atoms with van der Waals surface area (Å²) in [7, 11) is 4.50. The quantitative estimate of drug-likeness (QED) is 0.601. The minimum atomic E-state index is -0.196. The lowest BCUT2D eigenvalue weighted by atomic mass is 10.1. The van der Waals surface area contributed by atoms with Crippen molar-refractivity contribution >= 4 is 11.9 Å². The molecule has 5 heteroatoms. The highest BCUT2D eigenvalue weighted by molar-refractivity contribution is 6.07. The SMILES string of the molecule is COc1cc(C(=O)/C=C/c2ccc(C#N)cc2)cc(OC)c1OC.